The van der Waals surface area contributed by atoms with E-state index in [4.69, 9.17) is 0 Å². The molecule has 0 atom stereocenters. The van der Waals surface area contributed by atoms with E-state index in [2.05, 4.69) is 45.2 Å². The zero-order chi connectivity index (χ0) is 18.2. The molecule has 0 unspecified atom stereocenters. The van der Waals surface area contributed by atoms with E-state index in [0.717, 1.165) is 29.7 Å². The van der Waals surface area contributed by atoms with Crippen molar-refractivity contribution in [3.8, 4) is 10.4 Å². The fourth-order valence-electron chi connectivity index (χ4n) is 3.52. The highest BCUT2D eigenvalue weighted by Gasteiger charge is 2.27. The maximum Gasteiger partial charge on any atom is 0.264 e. The lowest BCUT2D eigenvalue weighted by Crippen LogP contribution is -2.49. The van der Waals surface area contributed by atoms with E-state index in [-0.39, 0.29) is 5.91 Å². The highest BCUT2D eigenvalue weighted by Crippen LogP contribution is 2.45. The Balaban J connectivity index is 1.33. The molecule has 0 aliphatic carbocycles. The lowest BCUT2D eigenvalue weighted by molar-refractivity contribution is 0.0751. The summed E-state index contributed by atoms with van der Waals surface area (Å²) >= 11 is 3.49. The minimum absolute atomic E-state index is 0.144. The minimum Gasteiger partial charge on any atom is -0.337 e. The topological polar surface area (TPSA) is 49.3 Å². The second-order valence-electron chi connectivity index (χ2n) is 6.58. The van der Waals surface area contributed by atoms with Gasteiger partial charge in [-0.3, -0.25) is 4.79 Å². The first-order chi connectivity index (χ1) is 13.3. The molecular weight excluding hydrogens is 376 g/mol. The van der Waals surface area contributed by atoms with Crippen LogP contribution in [-0.2, 0) is 5.75 Å². The van der Waals surface area contributed by atoms with Gasteiger partial charge in [-0.25, -0.2) is 9.97 Å². The maximum absolute atomic E-state index is 13.1. The molecule has 3 aromatic rings. The molecule has 2 aliphatic heterocycles. The molecule has 27 heavy (non-hydrogen) atoms. The Morgan fingerprint density at radius 3 is 2.59 bits per heavy atom. The van der Waals surface area contributed by atoms with Crippen molar-refractivity contribution < 1.29 is 4.79 Å². The summed E-state index contributed by atoms with van der Waals surface area (Å²) in [5, 5.41) is 0. The SMILES string of the molecule is O=C(c1cc2c(s1)-c1ccccc1SC2)N1CCN(c2ncccn2)CC1. The molecule has 0 N–H and O–H groups in total. The van der Waals surface area contributed by atoms with Gasteiger partial charge in [-0.1, -0.05) is 18.2 Å². The number of anilines is 1. The third-order valence-electron chi connectivity index (χ3n) is 4.94. The van der Waals surface area contributed by atoms with Gasteiger partial charge >= 0.3 is 0 Å². The van der Waals surface area contributed by atoms with E-state index in [1.54, 1.807) is 23.7 Å². The number of carbonyl (C=O) groups excluding carboxylic acids is 1. The number of amides is 1. The van der Waals surface area contributed by atoms with Crippen LogP contribution in [0.15, 0.2) is 53.7 Å². The second-order valence-corrected chi connectivity index (χ2v) is 8.65. The standard InChI is InChI=1S/C20H18N4OS2/c25-19(23-8-10-24(11-9-23)20-21-6-3-7-22-20)17-12-14-13-26-16-5-2-1-4-15(16)18(14)27-17/h1-7,12H,8-11,13H2. The van der Waals surface area contributed by atoms with Gasteiger partial charge in [0.2, 0.25) is 5.95 Å². The molecule has 0 bridgehead atoms. The molecule has 2 aliphatic rings. The Morgan fingerprint density at radius 1 is 1.00 bits per heavy atom. The monoisotopic (exact) mass is 394 g/mol. The number of thiophene rings is 1. The molecule has 0 saturated carbocycles. The predicted molar refractivity (Wildman–Crippen MR) is 109 cm³/mol. The molecule has 4 heterocycles. The number of hydrogen-bond acceptors (Lipinski definition) is 6. The fourth-order valence-corrected chi connectivity index (χ4v) is 5.91. The second kappa shape index (κ2) is 6.98. The van der Waals surface area contributed by atoms with Crippen LogP contribution < -0.4 is 4.90 Å². The van der Waals surface area contributed by atoms with Crippen molar-refractivity contribution >= 4 is 35.0 Å². The lowest BCUT2D eigenvalue weighted by Gasteiger charge is -2.34. The summed E-state index contributed by atoms with van der Waals surface area (Å²) in [7, 11) is 0. The molecule has 7 heteroatoms. The zero-order valence-electron chi connectivity index (χ0n) is 14.7. The van der Waals surface area contributed by atoms with Crippen LogP contribution >= 0.6 is 23.1 Å². The van der Waals surface area contributed by atoms with Gasteiger partial charge in [0.05, 0.1) is 4.88 Å². The number of rotatable bonds is 2. The smallest absolute Gasteiger partial charge is 0.264 e. The fraction of sp³-hybridized carbons (Fsp3) is 0.250. The quantitative estimate of drug-likeness (QED) is 0.662. The van der Waals surface area contributed by atoms with Gasteiger partial charge in [-0.15, -0.1) is 23.1 Å². The number of piperazine rings is 1. The van der Waals surface area contributed by atoms with Crippen molar-refractivity contribution in [3.63, 3.8) is 0 Å². The highest BCUT2D eigenvalue weighted by molar-refractivity contribution is 7.98. The molecule has 5 nitrogen and oxygen atoms in total. The summed E-state index contributed by atoms with van der Waals surface area (Å²) < 4.78 is 0. The van der Waals surface area contributed by atoms with E-state index in [1.807, 2.05) is 22.7 Å². The van der Waals surface area contributed by atoms with E-state index >= 15 is 0 Å². The summed E-state index contributed by atoms with van der Waals surface area (Å²) in [6.07, 6.45) is 3.51. The van der Waals surface area contributed by atoms with E-state index in [0.29, 0.717) is 13.1 Å². The first kappa shape index (κ1) is 16.8. The third-order valence-corrected chi connectivity index (χ3v) is 7.26. The molecule has 1 amide bonds. The number of carbonyl (C=O) groups is 1. The molecule has 5 rings (SSSR count). The van der Waals surface area contributed by atoms with E-state index in [1.165, 1.54) is 20.9 Å². The molecule has 1 fully saturated rings. The van der Waals surface area contributed by atoms with Crippen molar-refractivity contribution in [2.24, 2.45) is 0 Å². The molecule has 0 spiro atoms. The van der Waals surface area contributed by atoms with Gasteiger partial charge in [0.1, 0.15) is 0 Å². The summed E-state index contributed by atoms with van der Waals surface area (Å²) in [5.41, 5.74) is 2.54. The first-order valence-electron chi connectivity index (χ1n) is 8.96. The van der Waals surface area contributed by atoms with Gasteiger partial charge in [-0.2, -0.15) is 0 Å². The Hall–Kier alpha value is -2.38. The van der Waals surface area contributed by atoms with Crippen molar-refractivity contribution in [1.29, 1.82) is 0 Å². The number of nitrogens with zero attached hydrogens (tertiary/aromatic N) is 4. The van der Waals surface area contributed by atoms with Crippen LogP contribution in [0.2, 0.25) is 0 Å². The van der Waals surface area contributed by atoms with Crippen LogP contribution in [0.3, 0.4) is 0 Å². The first-order valence-corrected chi connectivity index (χ1v) is 10.8. The van der Waals surface area contributed by atoms with Crippen LogP contribution in [0.5, 0.6) is 0 Å². The Kier molecular flexibility index (Phi) is 4.33. The van der Waals surface area contributed by atoms with E-state index < -0.39 is 0 Å². The van der Waals surface area contributed by atoms with Crippen molar-refractivity contribution in [1.82, 2.24) is 14.9 Å². The van der Waals surface area contributed by atoms with Crippen LogP contribution in [0.25, 0.3) is 10.4 Å². The molecular formula is C20H18N4OS2. The Labute approximate surface area is 166 Å². The Morgan fingerprint density at radius 2 is 1.78 bits per heavy atom. The molecule has 2 aromatic heterocycles. The van der Waals surface area contributed by atoms with Gasteiger partial charge in [0.25, 0.3) is 5.91 Å². The van der Waals surface area contributed by atoms with E-state index in [9.17, 15) is 4.79 Å². The normalized spacial score (nSPS) is 16.0. The number of hydrogen-bond donors (Lipinski definition) is 0. The third kappa shape index (κ3) is 3.11. The number of fused-ring (bicyclic) bond motifs is 3. The zero-order valence-corrected chi connectivity index (χ0v) is 16.3. The average Bonchev–Trinajstić information content (AvgIpc) is 3.19. The minimum atomic E-state index is 0.144. The largest absolute Gasteiger partial charge is 0.337 e. The number of thioether (sulfide) groups is 1. The number of benzene rings is 1. The van der Waals surface area contributed by atoms with Crippen molar-refractivity contribution in [2.45, 2.75) is 10.6 Å². The average molecular weight is 395 g/mol. The van der Waals surface area contributed by atoms with Crippen LogP contribution in [0.1, 0.15) is 15.2 Å². The number of aromatic nitrogens is 2. The highest BCUT2D eigenvalue weighted by atomic mass is 32.2. The van der Waals surface area contributed by atoms with Crippen molar-refractivity contribution in [2.75, 3.05) is 31.1 Å². The van der Waals surface area contributed by atoms with Gasteiger partial charge < -0.3 is 9.80 Å². The van der Waals surface area contributed by atoms with Crippen LogP contribution in [-0.4, -0.2) is 47.0 Å². The van der Waals surface area contributed by atoms with Gasteiger partial charge in [-0.05, 0) is 23.8 Å². The molecule has 1 aromatic carbocycles. The van der Waals surface area contributed by atoms with Crippen LogP contribution in [0.4, 0.5) is 5.95 Å². The molecule has 0 radical (unpaired) electrons. The lowest BCUT2D eigenvalue weighted by atomic mass is 10.1. The summed E-state index contributed by atoms with van der Waals surface area (Å²) in [5.74, 6) is 1.82. The maximum atomic E-state index is 13.1. The Bertz CT molecular complexity index is 981. The van der Waals surface area contributed by atoms with Gasteiger partial charge in [0.15, 0.2) is 0 Å². The summed E-state index contributed by atoms with van der Waals surface area (Å²) in [6.45, 7) is 2.93. The van der Waals surface area contributed by atoms with Crippen molar-refractivity contribution in [3.05, 3.63) is 59.2 Å². The summed E-state index contributed by atoms with van der Waals surface area (Å²) in [4.78, 5) is 29.2. The molecule has 1 saturated heterocycles. The summed E-state index contributed by atoms with van der Waals surface area (Å²) in [6, 6.07) is 12.4. The molecule has 136 valence electrons. The predicted octanol–water partition coefficient (Wildman–Crippen LogP) is 3.77. The van der Waals surface area contributed by atoms with Crippen LogP contribution in [0, 0.1) is 0 Å². The van der Waals surface area contributed by atoms with Gasteiger partial charge in [0, 0.05) is 59.7 Å².